The fourth-order valence-electron chi connectivity index (χ4n) is 3.39. The highest BCUT2D eigenvalue weighted by Gasteiger charge is 2.25. The number of carbonyl (C=O) groups excluding carboxylic acids is 2. The molecule has 0 spiro atoms. The molecule has 0 unspecified atom stereocenters. The minimum absolute atomic E-state index is 0.378. The van der Waals surface area contributed by atoms with E-state index in [0.29, 0.717) is 6.04 Å². The lowest BCUT2D eigenvalue weighted by Gasteiger charge is -2.37. The molecule has 1 aliphatic heterocycles. The van der Waals surface area contributed by atoms with E-state index in [1.165, 1.54) is 4.90 Å². The van der Waals surface area contributed by atoms with Crippen molar-refractivity contribution < 1.29 is 27.5 Å². The zero-order valence-electron chi connectivity index (χ0n) is 21.5. The monoisotopic (exact) mass is 509 g/mol. The average Bonchev–Trinajstić information content (AvgIpc) is 2.83. The van der Waals surface area contributed by atoms with Gasteiger partial charge < -0.3 is 9.64 Å². The van der Waals surface area contributed by atoms with Crippen molar-refractivity contribution >= 4 is 23.9 Å². The number of piperazine rings is 1. The molecule has 1 aliphatic rings. The van der Waals surface area contributed by atoms with Gasteiger partial charge in [0.05, 0.1) is 18.1 Å². The number of amides is 1. The Hall–Kier alpha value is -3.21. The van der Waals surface area contributed by atoms with Gasteiger partial charge in [-0.3, -0.25) is 19.6 Å². The van der Waals surface area contributed by atoms with Gasteiger partial charge in [0, 0.05) is 50.5 Å². The molecule has 2 heterocycles. The number of carbonyl (C=O) groups is 2. The second kappa shape index (κ2) is 12.2. The van der Waals surface area contributed by atoms with Crippen molar-refractivity contribution in [3.8, 4) is 11.3 Å². The Morgan fingerprint density at radius 1 is 1.03 bits per heavy atom. The third-order valence-corrected chi connectivity index (χ3v) is 5.36. The molecule has 1 saturated heterocycles. The van der Waals surface area contributed by atoms with Gasteiger partial charge >= 0.3 is 12.3 Å². The number of benzene rings is 1. The highest BCUT2D eigenvalue weighted by molar-refractivity contribution is 5.87. The Balaban J connectivity index is 0.000000678. The number of anilines is 2. The van der Waals surface area contributed by atoms with Gasteiger partial charge in [0.25, 0.3) is 0 Å². The van der Waals surface area contributed by atoms with Crippen LogP contribution in [0.3, 0.4) is 0 Å². The predicted molar refractivity (Wildman–Crippen MR) is 133 cm³/mol. The lowest BCUT2D eigenvalue weighted by molar-refractivity contribution is -0.156. The van der Waals surface area contributed by atoms with Crippen LogP contribution < -0.4 is 9.80 Å². The maximum atomic E-state index is 12.2. The van der Waals surface area contributed by atoms with E-state index in [1.807, 2.05) is 57.4 Å². The number of aldehydes is 1. The van der Waals surface area contributed by atoms with Crippen LogP contribution in [0.15, 0.2) is 36.7 Å². The predicted octanol–water partition coefficient (Wildman–Crippen LogP) is 4.79. The topological polar surface area (TPSA) is 78.9 Å². The van der Waals surface area contributed by atoms with Gasteiger partial charge in [-0.1, -0.05) is 12.1 Å². The van der Waals surface area contributed by atoms with E-state index >= 15 is 0 Å². The number of halogens is 3. The van der Waals surface area contributed by atoms with Gasteiger partial charge in [-0.25, -0.2) is 9.78 Å². The van der Waals surface area contributed by atoms with Crippen LogP contribution in [0.25, 0.3) is 11.3 Å². The Kier molecular flexibility index (Phi) is 9.80. The quantitative estimate of drug-likeness (QED) is 0.548. The first-order valence-electron chi connectivity index (χ1n) is 11.6. The number of aromatic nitrogens is 2. The lowest BCUT2D eigenvalue weighted by atomic mass is 10.1. The molecule has 3 rings (SSSR count). The Bertz CT molecular complexity index is 982. The normalized spacial score (nSPS) is 14.7. The smallest absolute Gasteiger partial charge is 0.443 e. The van der Waals surface area contributed by atoms with Crippen LogP contribution in [0.1, 0.15) is 34.6 Å². The molecule has 0 atom stereocenters. The average molecular weight is 510 g/mol. The molecule has 0 saturated carbocycles. The SMILES string of the molecule is CC(C)N1CCN(c2cnc(-c3ccc(N(C)C(=O)OC(C)(C)C)cc3)cn2)CC1.O=CC(F)(F)F. The van der Waals surface area contributed by atoms with E-state index in [1.54, 1.807) is 7.05 Å². The number of hydrogen-bond donors (Lipinski definition) is 0. The molecule has 1 aromatic heterocycles. The zero-order chi connectivity index (χ0) is 27.1. The summed E-state index contributed by atoms with van der Waals surface area (Å²) >= 11 is 0. The lowest BCUT2D eigenvalue weighted by Crippen LogP contribution is -2.49. The van der Waals surface area contributed by atoms with Crippen molar-refractivity contribution in [1.82, 2.24) is 14.9 Å². The second-order valence-corrected chi connectivity index (χ2v) is 9.62. The Morgan fingerprint density at radius 3 is 2.00 bits per heavy atom. The first-order chi connectivity index (χ1) is 16.7. The van der Waals surface area contributed by atoms with Crippen LogP contribution in [-0.2, 0) is 9.53 Å². The molecule has 0 aliphatic carbocycles. The number of ether oxygens (including phenoxy) is 1. The molecule has 1 fully saturated rings. The molecule has 8 nitrogen and oxygen atoms in total. The van der Waals surface area contributed by atoms with Crippen molar-refractivity contribution in [2.24, 2.45) is 0 Å². The number of hydrogen-bond acceptors (Lipinski definition) is 7. The van der Waals surface area contributed by atoms with E-state index in [9.17, 15) is 18.0 Å². The molecule has 11 heteroatoms. The van der Waals surface area contributed by atoms with Crippen molar-refractivity contribution in [2.45, 2.75) is 52.4 Å². The number of rotatable bonds is 4. The van der Waals surface area contributed by atoms with Crippen LogP contribution >= 0.6 is 0 Å². The molecule has 0 N–H and O–H groups in total. The minimum Gasteiger partial charge on any atom is -0.443 e. The fraction of sp³-hybridized carbons (Fsp3) is 0.520. The summed E-state index contributed by atoms with van der Waals surface area (Å²) in [5.41, 5.74) is 2.01. The maximum Gasteiger partial charge on any atom is 0.446 e. The molecular weight excluding hydrogens is 475 g/mol. The van der Waals surface area contributed by atoms with Gasteiger partial charge in [-0.15, -0.1) is 0 Å². The Labute approximate surface area is 210 Å². The van der Waals surface area contributed by atoms with Crippen LogP contribution in [0.5, 0.6) is 0 Å². The summed E-state index contributed by atoms with van der Waals surface area (Å²) < 4.78 is 36.7. The van der Waals surface area contributed by atoms with Gasteiger partial charge in [0.2, 0.25) is 6.29 Å². The van der Waals surface area contributed by atoms with Crippen molar-refractivity contribution in [1.29, 1.82) is 0 Å². The van der Waals surface area contributed by atoms with Crippen molar-refractivity contribution in [2.75, 3.05) is 43.0 Å². The molecule has 1 amide bonds. The van der Waals surface area contributed by atoms with Crippen LogP contribution in [0, 0.1) is 0 Å². The van der Waals surface area contributed by atoms with Crippen LogP contribution in [0.2, 0.25) is 0 Å². The van der Waals surface area contributed by atoms with E-state index in [4.69, 9.17) is 9.53 Å². The van der Waals surface area contributed by atoms with Crippen molar-refractivity contribution in [3.63, 3.8) is 0 Å². The highest BCUT2D eigenvalue weighted by atomic mass is 19.4. The Morgan fingerprint density at radius 2 is 1.58 bits per heavy atom. The molecular formula is C25H34F3N5O3. The maximum absolute atomic E-state index is 12.2. The summed E-state index contributed by atoms with van der Waals surface area (Å²) in [6.45, 7) is 14.1. The van der Waals surface area contributed by atoms with Gasteiger partial charge in [0.1, 0.15) is 11.4 Å². The third kappa shape index (κ3) is 9.10. The van der Waals surface area contributed by atoms with Gasteiger partial charge in [0.15, 0.2) is 0 Å². The summed E-state index contributed by atoms with van der Waals surface area (Å²) in [5.74, 6) is 0.920. The van der Waals surface area contributed by atoms with Crippen LogP contribution in [-0.4, -0.2) is 78.3 Å². The third-order valence-electron chi connectivity index (χ3n) is 5.36. The first-order valence-corrected chi connectivity index (χ1v) is 11.6. The summed E-state index contributed by atoms with van der Waals surface area (Å²) in [5, 5.41) is 0. The summed E-state index contributed by atoms with van der Waals surface area (Å²) in [7, 11) is 1.71. The largest absolute Gasteiger partial charge is 0.446 e. The summed E-state index contributed by atoms with van der Waals surface area (Å²) in [6, 6.07) is 8.25. The molecule has 36 heavy (non-hydrogen) atoms. The fourth-order valence-corrected chi connectivity index (χ4v) is 3.39. The number of alkyl halides is 3. The first kappa shape index (κ1) is 29.0. The number of nitrogens with zero attached hydrogens (tertiary/aromatic N) is 5. The second-order valence-electron chi connectivity index (χ2n) is 9.62. The minimum atomic E-state index is -4.64. The van der Waals surface area contributed by atoms with Gasteiger partial charge in [-0.05, 0) is 46.8 Å². The van der Waals surface area contributed by atoms with E-state index in [-0.39, 0.29) is 6.09 Å². The van der Waals surface area contributed by atoms with Gasteiger partial charge in [-0.2, -0.15) is 13.2 Å². The molecule has 1 aromatic carbocycles. The van der Waals surface area contributed by atoms with Crippen molar-refractivity contribution in [3.05, 3.63) is 36.7 Å². The molecule has 2 aromatic rings. The van der Waals surface area contributed by atoms with Crippen LogP contribution in [0.4, 0.5) is 29.5 Å². The zero-order valence-corrected chi connectivity index (χ0v) is 21.5. The molecule has 198 valence electrons. The molecule has 0 radical (unpaired) electrons. The highest BCUT2D eigenvalue weighted by Crippen LogP contribution is 2.23. The summed E-state index contributed by atoms with van der Waals surface area (Å²) in [4.78, 5) is 36.5. The standard InChI is InChI=1S/C23H33N5O2.C2HF3O/c1-17(2)27-11-13-28(14-12-27)21-16-24-20(15-25-21)18-7-9-19(10-8-18)26(6)22(29)30-23(3,4)5;3-2(4,5)1-6/h7-10,15-17H,11-14H2,1-6H3;1H. The summed E-state index contributed by atoms with van der Waals surface area (Å²) in [6.07, 6.45) is -2.41. The van der Waals surface area contributed by atoms with E-state index < -0.39 is 18.1 Å². The van der Waals surface area contributed by atoms with E-state index in [0.717, 1.165) is 48.9 Å². The molecule has 0 bridgehead atoms. The van der Waals surface area contributed by atoms with E-state index in [2.05, 4.69) is 33.6 Å².